The van der Waals surface area contributed by atoms with Crippen LogP contribution in [0.15, 0.2) is 18.7 Å². The van der Waals surface area contributed by atoms with Crippen LogP contribution in [0.5, 0.6) is 0 Å². The fourth-order valence-corrected chi connectivity index (χ4v) is 2.92. The largest absolute Gasteiger partial charge is 0.353 e. The zero-order valence-electron chi connectivity index (χ0n) is 11.8. The normalized spacial score (nSPS) is 18.2. The summed E-state index contributed by atoms with van der Waals surface area (Å²) in [6, 6.07) is 0.655. The molecule has 1 aliphatic rings. The van der Waals surface area contributed by atoms with E-state index in [4.69, 9.17) is 0 Å². The number of hydrogen-bond donors (Lipinski definition) is 1. The number of aromatic nitrogens is 2. The number of carbonyl (C=O) groups excluding carboxylic acids is 1. The Kier molecular flexibility index (Phi) is 5.43. The molecule has 106 valence electrons. The minimum Gasteiger partial charge on any atom is -0.353 e. The highest BCUT2D eigenvalue weighted by Crippen LogP contribution is 2.20. The molecule has 0 radical (unpaired) electrons. The number of carbonyl (C=O) groups is 1. The van der Waals surface area contributed by atoms with Crippen LogP contribution in [0.4, 0.5) is 0 Å². The van der Waals surface area contributed by atoms with Gasteiger partial charge in [0.1, 0.15) is 0 Å². The Morgan fingerprint density at radius 1 is 1.42 bits per heavy atom. The lowest BCUT2D eigenvalue weighted by molar-refractivity contribution is -0.122. The van der Waals surface area contributed by atoms with Crippen molar-refractivity contribution in [2.24, 2.45) is 0 Å². The maximum atomic E-state index is 12.1. The molecule has 4 heteroatoms. The van der Waals surface area contributed by atoms with Gasteiger partial charge < -0.3 is 9.88 Å². The van der Waals surface area contributed by atoms with Crippen LogP contribution in [-0.2, 0) is 4.79 Å². The Bertz CT molecular complexity index is 369. The monoisotopic (exact) mass is 263 g/mol. The second kappa shape index (κ2) is 7.31. The molecule has 1 heterocycles. The van der Waals surface area contributed by atoms with Crippen molar-refractivity contribution >= 4 is 5.91 Å². The minimum atomic E-state index is 0.194. The number of rotatable bonds is 6. The third-order valence-corrected chi connectivity index (χ3v) is 3.96. The SMILES string of the molecule is CCCC(CC(=O)NC1CCCCC1)n1ccnc1. The van der Waals surface area contributed by atoms with E-state index in [-0.39, 0.29) is 11.9 Å². The molecular weight excluding hydrogens is 238 g/mol. The van der Waals surface area contributed by atoms with Crippen molar-refractivity contribution in [1.29, 1.82) is 0 Å². The van der Waals surface area contributed by atoms with Gasteiger partial charge in [-0.15, -0.1) is 0 Å². The van der Waals surface area contributed by atoms with Crippen LogP contribution in [0.1, 0.15) is 64.3 Å². The average Bonchev–Trinajstić information content (AvgIpc) is 2.93. The molecule has 1 aromatic rings. The molecule has 0 saturated heterocycles. The minimum absolute atomic E-state index is 0.194. The Morgan fingerprint density at radius 2 is 2.21 bits per heavy atom. The van der Waals surface area contributed by atoms with Gasteiger partial charge >= 0.3 is 0 Å². The summed E-state index contributed by atoms with van der Waals surface area (Å²) in [5.41, 5.74) is 0. The lowest BCUT2D eigenvalue weighted by Crippen LogP contribution is -2.37. The molecule has 19 heavy (non-hydrogen) atoms. The van der Waals surface area contributed by atoms with E-state index in [1.54, 1.807) is 6.20 Å². The first-order chi connectivity index (χ1) is 9.29. The predicted molar refractivity (Wildman–Crippen MR) is 75.8 cm³/mol. The van der Waals surface area contributed by atoms with Crippen molar-refractivity contribution in [2.75, 3.05) is 0 Å². The molecule has 2 rings (SSSR count). The molecule has 1 fully saturated rings. The van der Waals surface area contributed by atoms with Gasteiger partial charge in [0.15, 0.2) is 0 Å². The van der Waals surface area contributed by atoms with Crippen LogP contribution in [0.25, 0.3) is 0 Å². The van der Waals surface area contributed by atoms with Crippen LogP contribution in [-0.4, -0.2) is 21.5 Å². The van der Waals surface area contributed by atoms with Crippen LogP contribution < -0.4 is 5.32 Å². The summed E-state index contributed by atoms with van der Waals surface area (Å²) in [5, 5.41) is 3.20. The van der Waals surface area contributed by atoms with Crippen molar-refractivity contribution in [3.63, 3.8) is 0 Å². The van der Waals surface area contributed by atoms with Crippen molar-refractivity contribution in [1.82, 2.24) is 14.9 Å². The van der Waals surface area contributed by atoms with Gasteiger partial charge in [0.05, 0.1) is 6.33 Å². The Labute approximate surface area is 115 Å². The highest BCUT2D eigenvalue weighted by atomic mass is 16.1. The molecule has 1 amide bonds. The molecular formula is C15H25N3O. The average molecular weight is 263 g/mol. The van der Waals surface area contributed by atoms with Crippen LogP contribution in [0.2, 0.25) is 0 Å². The molecule has 1 saturated carbocycles. The summed E-state index contributed by atoms with van der Waals surface area (Å²) in [6.45, 7) is 2.16. The van der Waals surface area contributed by atoms with Crippen LogP contribution in [0, 0.1) is 0 Å². The molecule has 1 N–H and O–H groups in total. The fourth-order valence-electron chi connectivity index (χ4n) is 2.92. The molecule has 0 aliphatic heterocycles. The molecule has 1 aliphatic carbocycles. The summed E-state index contributed by atoms with van der Waals surface area (Å²) < 4.78 is 2.06. The van der Waals surface area contributed by atoms with Crippen LogP contribution >= 0.6 is 0 Å². The lowest BCUT2D eigenvalue weighted by Gasteiger charge is -2.24. The summed E-state index contributed by atoms with van der Waals surface area (Å²) >= 11 is 0. The predicted octanol–water partition coefficient (Wildman–Crippen LogP) is 3.06. The van der Waals surface area contributed by atoms with E-state index in [1.807, 2.05) is 12.5 Å². The van der Waals surface area contributed by atoms with Gasteiger partial charge in [-0.1, -0.05) is 32.6 Å². The van der Waals surface area contributed by atoms with E-state index in [1.165, 1.54) is 19.3 Å². The summed E-state index contributed by atoms with van der Waals surface area (Å²) in [6.07, 6.45) is 14.3. The van der Waals surface area contributed by atoms with E-state index in [9.17, 15) is 4.79 Å². The first-order valence-corrected chi connectivity index (χ1v) is 7.56. The first kappa shape index (κ1) is 14.1. The molecule has 0 bridgehead atoms. The van der Waals surface area contributed by atoms with Gasteiger partial charge in [0, 0.05) is 30.9 Å². The number of amides is 1. The maximum Gasteiger partial charge on any atom is 0.222 e. The fraction of sp³-hybridized carbons (Fsp3) is 0.733. The highest BCUT2D eigenvalue weighted by molar-refractivity contribution is 5.76. The van der Waals surface area contributed by atoms with Gasteiger partial charge in [-0.05, 0) is 19.3 Å². The number of imidazole rings is 1. The molecule has 0 spiro atoms. The van der Waals surface area contributed by atoms with Gasteiger partial charge in [-0.2, -0.15) is 0 Å². The van der Waals surface area contributed by atoms with Crippen molar-refractivity contribution in [2.45, 2.75) is 70.4 Å². The number of nitrogens with zero attached hydrogens (tertiary/aromatic N) is 2. The van der Waals surface area contributed by atoms with Crippen LogP contribution in [0.3, 0.4) is 0 Å². The standard InChI is InChI=1S/C15H25N3O/c1-2-6-14(18-10-9-16-12-18)11-15(19)17-13-7-4-3-5-8-13/h9-10,12-14H,2-8,11H2,1H3,(H,17,19). The molecule has 4 nitrogen and oxygen atoms in total. The number of nitrogens with one attached hydrogen (secondary N) is 1. The van der Waals surface area contributed by atoms with Gasteiger partial charge in [0.25, 0.3) is 0 Å². The van der Waals surface area contributed by atoms with E-state index in [0.717, 1.165) is 25.7 Å². The molecule has 1 atom stereocenters. The van der Waals surface area contributed by atoms with Gasteiger partial charge in [-0.3, -0.25) is 4.79 Å². The van der Waals surface area contributed by atoms with E-state index in [2.05, 4.69) is 21.8 Å². The van der Waals surface area contributed by atoms with E-state index < -0.39 is 0 Å². The summed E-state index contributed by atoms with van der Waals surface area (Å²) in [4.78, 5) is 16.2. The van der Waals surface area contributed by atoms with Crippen molar-refractivity contribution in [3.8, 4) is 0 Å². The topological polar surface area (TPSA) is 46.9 Å². The van der Waals surface area contributed by atoms with Crippen molar-refractivity contribution < 1.29 is 4.79 Å². The van der Waals surface area contributed by atoms with Gasteiger partial charge in [-0.25, -0.2) is 4.98 Å². The Morgan fingerprint density at radius 3 is 2.84 bits per heavy atom. The summed E-state index contributed by atoms with van der Waals surface area (Å²) in [5.74, 6) is 0.194. The maximum absolute atomic E-state index is 12.1. The van der Waals surface area contributed by atoms with E-state index >= 15 is 0 Å². The Balaban J connectivity index is 1.84. The molecule has 0 aromatic carbocycles. The summed E-state index contributed by atoms with van der Waals surface area (Å²) in [7, 11) is 0. The second-order valence-electron chi connectivity index (χ2n) is 5.56. The zero-order chi connectivity index (χ0) is 13.5. The third kappa shape index (κ3) is 4.37. The number of hydrogen-bond acceptors (Lipinski definition) is 2. The third-order valence-electron chi connectivity index (χ3n) is 3.96. The zero-order valence-corrected chi connectivity index (χ0v) is 11.8. The second-order valence-corrected chi connectivity index (χ2v) is 5.56. The first-order valence-electron chi connectivity index (χ1n) is 7.56. The van der Waals surface area contributed by atoms with Crippen molar-refractivity contribution in [3.05, 3.63) is 18.7 Å². The van der Waals surface area contributed by atoms with E-state index in [0.29, 0.717) is 12.5 Å². The quantitative estimate of drug-likeness (QED) is 0.857. The lowest BCUT2D eigenvalue weighted by atomic mass is 9.95. The highest BCUT2D eigenvalue weighted by Gasteiger charge is 2.19. The van der Waals surface area contributed by atoms with Gasteiger partial charge in [0.2, 0.25) is 5.91 Å². The molecule has 1 aromatic heterocycles. The smallest absolute Gasteiger partial charge is 0.222 e. The molecule has 1 unspecified atom stereocenters. The Hall–Kier alpha value is -1.32.